The number of hydrogen-bond acceptors (Lipinski definition) is 4. The molecule has 0 bridgehead atoms. The Kier molecular flexibility index (Phi) is 5.53. The summed E-state index contributed by atoms with van der Waals surface area (Å²) in [6.45, 7) is 1.52. The van der Waals surface area contributed by atoms with Crippen LogP contribution in [0.1, 0.15) is 47.4 Å². The Balaban J connectivity index is 1.67. The first-order valence-corrected chi connectivity index (χ1v) is 11.2. The van der Waals surface area contributed by atoms with Crippen LogP contribution < -0.4 is 10.3 Å². The Bertz CT molecular complexity index is 1220. The molecule has 1 aromatic heterocycles. The van der Waals surface area contributed by atoms with E-state index >= 15 is 0 Å². The number of H-pyrrole nitrogens is 1. The van der Waals surface area contributed by atoms with E-state index in [1.165, 1.54) is 25.1 Å². The molecule has 0 spiro atoms. The van der Waals surface area contributed by atoms with Crippen molar-refractivity contribution in [1.82, 2.24) is 14.7 Å². The summed E-state index contributed by atoms with van der Waals surface area (Å²) in [6, 6.07) is 13.6. The Morgan fingerprint density at radius 1 is 1.17 bits per heavy atom. The normalized spacial score (nSPS) is 15.1. The highest BCUT2D eigenvalue weighted by Crippen LogP contribution is 2.37. The first-order chi connectivity index (χ1) is 14.3. The van der Waals surface area contributed by atoms with E-state index in [2.05, 4.69) is 14.7 Å². The standard InChI is InChI=1S/C22H22FN3O3S/c1-14-11-18(9-10-19(14)23)30(28,29)26-20(15-5-3-2-4-6-15)12-17-13-21(27)25-22(24-17)16-7-8-16/h2-6,9-11,13,16,20,26H,7-8,12H2,1H3,(H,24,25,27)/t20-/m1/s1. The largest absolute Gasteiger partial charge is 0.310 e. The van der Waals surface area contributed by atoms with Crippen molar-refractivity contribution in [1.29, 1.82) is 0 Å². The number of hydrogen-bond donors (Lipinski definition) is 2. The van der Waals surface area contributed by atoms with Crippen LogP contribution in [0.3, 0.4) is 0 Å². The number of aromatic amines is 1. The van der Waals surface area contributed by atoms with Crippen molar-refractivity contribution in [3.63, 3.8) is 0 Å². The van der Waals surface area contributed by atoms with Gasteiger partial charge < -0.3 is 4.98 Å². The van der Waals surface area contributed by atoms with Crippen molar-refractivity contribution in [2.75, 3.05) is 0 Å². The molecular formula is C22H22FN3O3S. The lowest BCUT2D eigenvalue weighted by Crippen LogP contribution is -2.31. The summed E-state index contributed by atoms with van der Waals surface area (Å²) < 4.78 is 42.3. The number of aryl methyl sites for hydroxylation is 1. The molecule has 0 radical (unpaired) electrons. The molecule has 1 aliphatic rings. The van der Waals surface area contributed by atoms with Crippen LogP contribution in [0.2, 0.25) is 0 Å². The maximum Gasteiger partial charge on any atom is 0.251 e. The van der Waals surface area contributed by atoms with Crippen molar-refractivity contribution in [2.45, 2.75) is 43.0 Å². The SMILES string of the molecule is Cc1cc(S(=O)(=O)N[C@H](Cc2cc(=O)[nH]c(C3CC3)n2)c2ccccc2)ccc1F. The highest BCUT2D eigenvalue weighted by molar-refractivity contribution is 7.89. The summed E-state index contributed by atoms with van der Waals surface area (Å²) in [6.07, 6.45) is 2.20. The number of nitrogens with one attached hydrogen (secondary N) is 2. The number of sulfonamides is 1. The molecule has 8 heteroatoms. The summed E-state index contributed by atoms with van der Waals surface area (Å²) in [5.41, 5.74) is 1.27. The van der Waals surface area contributed by atoms with E-state index in [0.29, 0.717) is 11.5 Å². The molecule has 0 unspecified atom stereocenters. The molecule has 4 rings (SSSR count). The van der Waals surface area contributed by atoms with E-state index in [-0.39, 0.29) is 28.4 Å². The molecule has 0 saturated heterocycles. The van der Waals surface area contributed by atoms with Crippen molar-refractivity contribution in [3.8, 4) is 0 Å². The maximum absolute atomic E-state index is 13.6. The fourth-order valence-electron chi connectivity index (χ4n) is 3.34. The van der Waals surface area contributed by atoms with Crippen LogP contribution >= 0.6 is 0 Å². The highest BCUT2D eigenvalue weighted by Gasteiger charge is 2.27. The molecule has 1 fully saturated rings. The predicted molar refractivity (Wildman–Crippen MR) is 111 cm³/mol. The van der Waals surface area contributed by atoms with E-state index in [1.54, 1.807) is 0 Å². The third-order valence-corrected chi connectivity index (χ3v) is 6.60. The lowest BCUT2D eigenvalue weighted by atomic mass is 10.0. The van der Waals surface area contributed by atoms with Crippen LogP contribution in [0.4, 0.5) is 4.39 Å². The Morgan fingerprint density at radius 2 is 1.90 bits per heavy atom. The van der Waals surface area contributed by atoms with Gasteiger partial charge in [0, 0.05) is 24.1 Å². The van der Waals surface area contributed by atoms with Gasteiger partial charge in [0.1, 0.15) is 11.6 Å². The molecule has 156 valence electrons. The molecule has 0 aliphatic heterocycles. The van der Waals surface area contributed by atoms with Gasteiger partial charge in [-0.1, -0.05) is 30.3 Å². The second kappa shape index (κ2) is 8.12. The average Bonchev–Trinajstić information content (AvgIpc) is 3.55. The number of rotatable bonds is 7. The third-order valence-electron chi connectivity index (χ3n) is 5.13. The van der Waals surface area contributed by atoms with Crippen molar-refractivity contribution in [3.05, 3.63) is 93.4 Å². The summed E-state index contributed by atoms with van der Waals surface area (Å²) in [5.74, 6) is 0.460. The van der Waals surface area contributed by atoms with Crippen LogP contribution in [-0.2, 0) is 16.4 Å². The lowest BCUT2D eigenvalue weighted by molar-refractivity contribution is 0.551. The van der Waals surface area contributed by atoms with Crippen LogP contribution in [0.5, 0.6) is 0 Å². The van der Waals surface area contributed by atoms with Gasteiger partial charge in [-0.3, -0.25) is 4.79 Å². The quantitative estimate of drug-likeness (QED) is 0.605. The van der Waals surface area contributed by atoms with Crippen molar-refractivity contribution in [2.24, 2.45) is 0 Å². The molecule has 2 aromatic carbocycles. The van der Waals surface area contributed by atoms with Gasteiger partial charge in [-0.2, -0.15) is 0 Å². The topological polar surface area (TPSA) is 91.9 Å². The van der Waals surface area contributed by atoms with Gasteiger partial charge in [0.05, 0.1) is 10.9 Å². The first-order valence-electron chi connectivity index (χ1n) is 9.75. The maximum atomic E-state index is 13.6. The predicted octanol–water partition coefficient (Wildman–Crippen LogP) is 3.36. The molecule has 0 amide bonds. The minimum Gasteiger partial charge on any atom is -0.310 e. The second-order valence-electron chi connectivity index (χ2n) is 7.60. The van der Waals surface area contributed by atoms with Crippen molar-refractivity contribution >= 4 is 10.0 Å². The average molecular weight is 428 g/mol. The van der Waals surface area contributed by atoms with E-state index in [9.17, 15) is 17.6 Å². The Hall–Kier alpha value is -2.84. The zero-order chi connectivity index (χ0) is 21.3. The summed E-state index contributed by atoms with van der Waals surface area (Å²) >= 11 is 0. The van der Waals surface area contributed by atoms with Crippen LogP contribution in [0, 0.1) is 12.7 Å². The third kappa shape index (κ3) is 4.66. The fourth-order valence-corrected chi connectivity index (χ4v) is 4.65. The van der Waals surface area contributed by atoms with E-state index in [4.69, 9.17) is 0 Å². The molecule has 1 saturated carbocycles. The summed E-state index contributed by atoms with van der Waals surface area (Å²) in [4.78, 5) is 19.4. The molecule has 30 heavy (non-hydrogen) atoms. The highest BCUT2D eigenvalue weighted by atomic mass is 32.2. The molecule has 1 aliphatic carbocycles. The molecule has 1 atom stereocenters. The first kappa shape index (κ1) is 20.4. The number of nitrogens with zero attached hydrogens (tertiary/aromatic N) is 1. The van der Waals surface area contributed by atoms with Gasteiger partial charge in [0.15, 0.2) is 0 Å². The zero-order valence-electron chi connectivity index (χ0n) is 16.4. The number of halogens is 1. The zero-order valence-corrected chi connectivity index (χ0v) is 17.2. The summed E-state index contributed by atoms with van der Waals surface area (Å²) in [7, 11) is -3.92. The Morgan fingerprint density at radius 3 is 2.57 bits per heavy atom. The Labute approximate surface area is 174 Å². The van der Waals surface area contributed by atoms with Gasteiger partial charge in [0.2, 0.25) is 10.0 Å². The van der Waals surface area contributed by atoms with Gasteiger partial charge in [0.25, 0.3) is 5.56 Å². The van der Waals surface area contributed by atoms with E-state index < -0.39 is 21.9 Å². The fraction of sp³-hybridized carbons (Fsp3) is 0.273. The number of aromatic nitrogens is 2. The smallest absolute Gasteiger partial charge is 0.251 e. The monoisotopic (exact) mass is 427 g/mol. The molecule has 1 heterocycles. The van der Waals surface area contributed by atoms with Crippen LogP contribution in [0.25, 0.3) is 0 Å². The lowest BCUT2D eigenvalue weighted by Gasteiger charge is -2.19. The van der Waals surface area contributed by atoms with Gasteiger partial charge in [-0.15, -0.1) is 0 Å². The van der Waals surface area contributed by atoms with Crippen LogP contribution in [0.15, 0.2) is 64.3 Å². The molecule has 3 aromatic rings. The second-order valence-corrected chi connectivity index (χ2v) is 9.31. The van der Waals surface area contributed by atoms with Crippen molar-refractivity contribution < 1.29 is 12.8 Å². The van der Waals surface area contributed by atoms with E-state index in [0.717, 1.165) is 24.5 Å². The van der Waals surface area contributed by atoms with Gasteiger partial charge in [-0.05, 0) is 49.1 Å². The molecule has 2 N–H and O–H groups in total. The minimum atomic E-state index is -3.92. The number of benzene rings is 2. The van der Waals surface area contributed by atoms with Crippen LogP contribution in [-0.4, -0.2) is 18.4 Å². The van der Waals surface area contributed by atoms with Gasteiger partial charge >= 0.3 is 0 Å². The minimum absolute atomic E-state index is 0.0140. The molecular weight excluding hydrogens is 405 g/mol. The molecule has 6 nitrogen and oxygen atoms in total. The summed E-state index contributed by atoms with van der Waals surface area (Å²) in [5, 5.41) is 0. The van der Waals surface area contributed by atoms with E-state index in [1.807, 2.05) is 30.3 Å². The van der Waals surface area contributed by atoms with Gasteiger partial charge in [-0.25, -0.2) is 22.5 Å².